The van der Waals surface area contributed by atoms with Gasteiger partial charge in [0.25, 0.3) is 5.70 Å². The lowest BCUT2D eigenvalue weighted by molar-refractivity contribution is -0.434. The molecule has 110 valence electrons. The van der Waals surface area contributed by atoms with Gasteiger partial charge in [-0.25, -0.2) is 0 Å². The van der Waals surface area contributed by atoms with Crippen LogP contribution in [0.2, 0.25) is 0 Å². The van der Waals surface area contributed by atoms with Crippen LogP contribution >= 0.6 is 0 Å². The van der Waals surface area contributed by atoms with Crippen LogP contribution in [0.5, 0.6) is 17.2 Å². The first-order chi connectivity index (χ1) is 10.7. The van der Waals surface area contributed by atoms with E-state index in [0.29, 0.717) is 28.4 Å². The highest BCUT2D eigenvalue weighted by molar-refractivity contribution is 5.62. The molecule has 4 rings (SSSR count). The van der Waals surface area contributed by atoms with Crippen molar-refractivity contribution in [2.75, 3.05) is 6.79 Å². The van der Waals surface area contributed by atoms with Crippen LogP contribution in [0, 0.1) is 10.1 Å². The molecular formula is C16H11NO5. The fraction of sp³-hybridized carbons (Fsp3) is 0.125. The zero-order valence-electron chi connectivity index (χ0n) is 11.4. The number of para-hydroxylation sites is 1. The molecule has 0 amide bonds. The lowest BCUT2D eigenvalue weighted by Crippen LogP contribution is -2.19. The van der Waals surface area contributed by atoms with Gasteiger partial charge in [0.15, 0.2) is 11.5 Å². The average Bonchev–Trinajstić information content (AvgIpc) is 3.01. The van der Waals surface area contributed by atoms with E-state index in [1.807, 2.05) is 12.1 Å². The minimum absolute atomic E-state index is 0.00225. The van der Waals surface area contributed by atoms with E-state index in [0.717, 1.165) is 0 Å². The van der Waals surface area contributed by atoms with E-state index < -0.39 is 11.0 Å². The topological polar surface area (TPSA) is 70.8 Å². The summed E-state index contributed by atoms with van der Waals surface area (Å²) in [6.07, 6.45) is 0.771. The number of nitro groups is 1. The fourth-order valence-corrected chi connectivity index (χ4v) is 2.59. The van der Waals surface area contributed by atoms with Gasteiger partial charge in [-0.1, -0.05) is 24.3 Å². The molecule has 0 saturated carbocycles. The van der Waals surface area contributed by atoms with Crippen LogP contribution in [0.15, 0.2) is 48.2 Å². The van der Waals surface area contributed by atoms with Crippen molar-refractivity contribution in [1.82, 2.24) is 0 Å². The van der Waals surface area contributed by atoms with Crippen molar-refractivity contribution in [1.29, 1.82) is 0 Å². The maximum Gasteiger partial charge on any atom is 0.291 e. The summed E-state index contributed by atoms with van der Waals surface area (Å²) in [5.41, 5.74) is 1.35. The Labute approximate surface area is 125 Å². The number of rotatable bonds is 2. The van der Waals surface area contributed by atoms with Gasteiger partial charge in [0.2, 0.25) is 12.9 Å². The van der Waals surface area contributed by atoms with Gasteiger partial charge in [0, 0.05) is 17.2 Å². The molecule has 2 heterocycles. The summed E-state index contributed by atoms with van der Waals surface area (Å²) in [5, 5.41) is 11.4. The number of benzene rings is 2. The lowest BCUT2D eigenvalue weighted by atomic mass is 10.0. The monoisotopic (exact) mass is 297 g/mol. The predicted octanol–water partition coefficient (Wildman–Crippen LogP) is 3.17. The SMILES string of the molecule is O=[N+]([O-])C1=Cc2ccccc2O[C@H]1c1ccc2c(c1)OCO2. The number of hydrogen-bond acceptors (Lipinski definition) is 5. The molecule has 6 nitrogen and oxygen atoms in total. The van der Waals surface area contributed by atoms with Gasteiger partial charge in [-0.3, -0.25) is 10.1 Å². The Hall–Kier alpha value is -3.02. The van der Waals surface area contributed by atoms with Crippen molar-refractivity contribution in [2.24, 2.45) is 0 Å². The van der Waals surface area contributed by atoms with Crippen molar-refractivity contribution in [3.63, 3.8) is 0 Å². The number of ether oxygens (including phenoxy) is 3. The molecule has 6 heteroatoms. The molecule has 2 aromatic carbocycles. The smallest absolute Gasteiger partial charge is 0.291 e. The van der Waals surface area contributed by atoms with Gasteiger partial charge < -0.3 is 14.2 Å². The van der Waals surface area contributed by atoms with Crippen LogP contribution in [0.3, 0.4) is 0 Å². The van der Waals surface area contributed by atoms with E-state index in [9.17, 15) is 10.1 Å². The second-order valence-corrected chi connectivity index (χ2v) is 4.97. The summed E-state index contributed by atoms with van der Waals surface area (Å²) in [4.78, 5) is 11.0. The van der Waals surface area contributed by atoms with Crippen LogP contribution in [0.25, 0.3) is 6.08 Å². The first-order valence-corrected chi connectivity index (χ1v) is 6.73. The van der Waals surface area contributed by atoms with Crippen LogP contribution in [0.1, 0.15) is 17.2 Å². The zero-order valence-corrected chi connectivity index (χ0v) is 11.4. The van der Waals surface area contributed by atoms with E-state index in [2.05, 4.69) is 0 Å². The van der Waals surface area contributed by atoms with Crippen LogP contribution in [-0.2, 0) is 0 Å². The fourth-order valence-electron chi connectivity index (χ4n) is 2.59. The number of hydrogen-bond donors (Lipinski definition) is 0. The van der Waals surface area contributed by atoms with Crippen molar-refractivity contribution in [3.05, 3.63) is 69.4 Å². The summed E-state index contributed by atoms with van der Waals surface area (Å²) in [6.45, 7) is 0.158. The molecule has 0 aliphatic carbocycles. The Morgan fingerprint density at radius 3 is 2.73 bits per heavy atom. The first-order valence-electron chi connectivity index (χ1n) is 6.73. The predicted molar refractivity (Wildman–Crippen MR) is 77.3 cm³/mol. The molecular weight excluding hydrogens is 286 g/mol. The van der Waals surface area contributed by atoms with Gasteiger partial charge in [0.05, 0.1) is 4.92 Å². The zero-order chi connectivity index (χ0) is 15.1. The Kier molecular flexibility index (Phi) is 2.75. The molecule has 2 aliphatic rings. The highest BCUT2D eigenvalue weighted by atomic mass is 16.7. The summed E-state index contributed by atoms with van der Waals surface area (Å²) in [5.74, 6) is 1.82. The number of fused-ring (bicyclic) bond motifs is 2. The van der Waals surface area contributed by atoms with Crippen LogP contribution in [-0.4, -0.2) is 11.7 Å². The minimum atomic E-state index is -0.778. The Morgan fingerprint density at radius 2 is 1.86 bits per heavy atom. The molecule has 2 aromatic rings. The Balaban J connectivity index is 1.79. The highest BCUT2D eigenvalue weighted by Crippen LogP contribution is 2.41. The Morgan fingerprint density at radius 1 is 1.05 bits per heavy atom. The molecule has 0 fully saturated rings. The maximum absolute atomic E-state index is 11.4. The molecule has 0 N–H and O–H groups in total. The van der Waals surface area contributed by atoms with Crippen molar-refractivity contribution < 1.29 is 19.1 Å². The third-order valence-electron chi connectivity index (χ3n) is 3.65. The third-order valence-corrected chi connectivity index (χ3v) is 3.65. The largest absolute Gasteiger partial charge is 0.474 e. The van der Waals surface area contributed by atoms with E-state index in [4.69, 9.17) is 14.2 Å². The van der Waals surface area contributed by atoms with Gasteiger partial charge in [0.1, 0.15) is 5.75 Å². The molecule has 0 aromatic heterocycles. The van der Waals surface area contributed by atoms with Gasteiger partial charge in [-0.2, -0.15) is 0 Å². The number of nitrogens with zero attached hydrogens (tertiary/aromatic N) is 1. The van der Waals surface area contributed by atoms with Crippen molar-refractivity contribution in [3.8, 4) is 17.2 Å². The van der Waals surface area contributed by atoms with Crippen LogP contribution < -0.4 is 14.2 Å². The molecule has 2 aliphatic heterocycles. The van der Waals surface area contributed by atoms with Gasteiger partial charge >= 0.3 is 0 Å². The summed E-state index contributed by atoms with van der Waals surface area (Å²) in [6, 6.07) is 12.4. The van der Waals surface area contributed by atoms with Gasteiger partial charge in [-0.15, -0.1) is 0 Å². The third kappa shape index (κ3) is 1.96. The standard InChI is InChI=1S/C16H11NO5/c18-17(19)12-7-10-3-1-2-4-13(10)22-16(12)11-5-6-14-15(8-11)21-9-20-14/h1-8,16H,9H2/t16-/m0/s1. The second-order valence-electron chi connectivity index (χ2n) is 4.97. The van der Waals surface area contributed by atoms with E-state index in [-0.39, 0.29) is 12.5 Å². The van der Waals surface area contributed by atoms with E-state index in [1.165, 1.54) is 0 Å². The summed E-state index contributed by atoms with van der Waals surface area (Å²) in [7, 11) is 0. The molecule has 0 bridgehead atoms. The van der Waals surface area contributed by atoms with Crippen LogP contribution in [0.4, 0.5) is 0 Å². The quantitative estimate of drug-likeness (QED) is 0.629. The summed E-state index contributed by atoms with van der Waals surface area (Å²) >= 11 is 0. The highest BCUT2D eigenvalue weighted by Gasteiger charge is 2.34. The summed E-state index contributed by atoms with van der Waals surface area (Å²) < 4.78 is 16.4. The van der Waals surface area contributed by atoms with Crippen molar-refractivity contribution >= 4 is 6.08 Å². The minimum Gasteiger partial charge on any atom is -0.474 e. The molecule has 0 spiro atoms. The van der Waals surface area contributed by atoms with Crippen molar-refractivity contribution in [2.45, 2.75) is 6.10 Å². The van der Waals surface area contributed by atoms with E-state index >= 15 is 0 Å². The normalized spacial score (nSPS) is 18.2. The lowest BCUT2D eigenvalue weighted by Gasteiger charge is -2.22. The maximum atomic E-state index is 11.4. The molecule has 22 heavy (non-hydrogen) atoms. The van der Waals surface area contributed by atoms with E-state index in [1.54, 1.807) is 36.4 Å². The molecule has 1 atom stereocenters. The van der Waals surface area contributed by atoms with Gasteiger partial charge in [-0.05, 0) is 18.2 Å². The molecule has 0 unspecified atom stereocenters. The first kappa shape index (κ1) is 12.7. The average molecular weight is 297 g/mol. The molecule has 0 radical (unpaired) electrons. The molecule has 0 saturated heterocycles. The second kappa shape index (κ2) is 4.77. The Bertz CT molecular complexity index is 799.